The van der Waals surface area contributed by atoms with Crippen molar-refractivity contribution in [1.29, 1.82) is 0 Å². The number of nitrogens with one attached hydrogen (secondary N) is 1. The van der Waals surface area contributed by atoms with Crippen molar-refractivity contribution in [2.24, 2.45) is 0 Å². The molecule has 1 aliphatic rings. The van der Waals surface area contributed by atoms with Gasteiger partial charge >= 0.3 is 29.6 Å². The van der Waals surface area contributed by atoms with E-state index >= 15 is 0 Å². The summed E-state index contributed by atoms with van der Waals surface area (Å²) in [6, 6.07) is 6.69. The smallest absolute Gasteiger partial charge is 0.845 e. The van der Waals surface area contributed by atoms with E-state index < -0.39 is 6.10 Å². The molecule has 2 aromatic heterocycles. The van der Waals surface area contributed by atoms with E-state index in [1.165, 1.54) is 0 Å². The quantitative estimate of drug-likeness (QED) is 0.546. The summed E-state index contributed by atoms with van der Waals surface area (Å²) in [5.41, 5.74) is 1.51. The molecule has 4 rings (SSSR count). The van der Waals surface area contributed by atoms with Crippen molar-refractivity contribution in [3.8, 4) is 23.0 Å². The number of nitrogens with zero attached hydrogens (tertiary/aromatic N) is 4. The molecule has 7 nitrogen and oxygen atoms in total. The summed E-state index contributed by atoms with van der Waals surface area (Å²) in [5.74, 6) is 0.984. The Hall–Kier alpha value is -1.51. The van der Waals surface area contributed by atoms with Gasteiger partial charge in [-0.25, -0.2) is 4.98 Å². The monoisotopic (exact) mass is 323 g/mol. The third kappa shape index (κ3) is 2.41. The van der Waals surface area contributed by atoms with Gasteiger partial charge in [0, 0.05) is 17.3 Å². The number of hydrogen-bond donors (Lipinski definition) is 1. The van der Waals surface area contributed by atoms with Gasteiger partial charge in [0.15, 0.2) is 5.75 Å². The molecule has 1 atom stereocenters. The zero-order valence-corrected chi connectivity index (χ0v) is 14.2. The van der Waals surface area contributed by atoms with Crippen LogP contribution in [0.4, 0.5) is 0 Å². The van der Waals surface area contributed by atoms with E-state index in [9.17, 15) is 5.11 Å². The van der Waals surface area contributed by atoms with E-state index in [4.69, 9.17) is 16.3 Å². The van der Waals surface area contributed by atoms with E-state index in [0.717, 1.165) is 0 Å². The molecule has 1 unspecified atom stereocenters. The van der Waals surface area contributed by atoms with Gasteiger partial charge < -0.3 is 9.84 Å². The second-order valence-corrected chi connectivity index (χ2v) is 4.90. The largest absolute Gasteiger partial charge is 1.00 e. The summed E-state index contributed by atoms with van der Waals surface area (Å²) < 4.78 is 5.64. The van der Waals surface area contributed by atoms with Gasteiger partial charge in [0.1, 0.15) is 0 Å². The summed E-state index contributed by atoms with van der Waals surface area (Å²) in [4.78, 5) is 4.06. The Balaban J connectivity index is 0.00000144. The molecule has 0 spiro atoms. The molecule has 3 aromatic rings. The fraction of sp³-hybridized carbons (Fsp3) is 0.0769. The molecule has 0 bridgehead atoms. The Morgan fingerprint density at radius 3 is 2.91 bits per heavy atom. The maximum absolute atomic E-state index is 12.6. The second kappa shape index (κ2) is 5.94. The maximum atomic E-state index is 12.6. The van der Waals surface area contributed by atoms with Crippen LogP contribution >= 0.6 is 11.6 Å². The molecule has 3 heterocycles. The number of aromatic nitrogens is 5. The van der Waals surface area contributed by atoms with Crippen LogP contribution in [-0.4, -0.2) is 25.6 Å². The van der Waals surface area contributed by atoms with Gasteiger partial charge in [-0.15, -0.1) is 10.2 Å². The zero-order valence-electron chi connectivity index (χ0n) is 11.4. The third-order valence-corrected chi connectivity index (χ3v) is 3.52. The van der Waals surface area contributed by atoms with Crippen LogP contribution in [0.2, 0.25) is 5.02 Å². The van der Waals surface area contributed by atoms with E-state index in [0.29, 0.717) is 39.2 Å². The Morgan fingerprint density at radius 2 is 2.14 bits per heavy atom. The van der Waals surface area contributed by atoms with E-state index in [1.54, 1.807) is 30.5 Å². The fourth-order valence-electron chi connectivity index (χ4n) is 2.28. The predicted molar refractivity (Wildman–Crippen MR) is 70.8 cm³/mol. The maximum Gasteiger partial charge on any atom is 1.00 e. The summed E-state index contributed by atoms with van der Waals surface area (Å²) in [6.45, 7) is 0. The molecule has 0 saturated carbocycles. The predicted octanol–water partition coefficient (Wildman–Crippen LogP) is -1.53. The van der Waals surface area contributed by atoms with E-state index in [1.807, 2.05) is 0 Å². The van der Waals surface area contributed by atoms with Crippen LogP contribution in [0.1, 0.15) is 17.2 Å². The van der Waals surface area contributed by atoms with Crippen LogP contribution in [0.5, 0.6) is 11.6 Å². The second-order valence-electron chi connectivity index (χ2n) is 4.49. The van der Waals surface area contributed by atoms with Crippen molar-refractivity contribution in [1.82, 2.24) is 25.6 Å². The molecule has 1 N–H and O–H groups in total. The summed E-state index contributed by atoms with van der Waals surface area (Å²) in [7, 11) is 0. The molecule has 1 aliphatic heterocycles. The van der Waals surface area contributed by atoms with Crippen LogP contribution in [0.3, 0.4) is 0 Å². The van der Waals surface area contributed by atoms with Crippen molar-refractivity contribution in [2.45, 2.75) is 6.10 Å². The van der Waals surface area contributed by atoms with Crippen molar-refractivity contribution >= 4 is 11.6 Å². The number of pyridine rings is 1. The first-order valence-electron chi connectivity index (χ1n) is 6.10. The molecule has 1 aromatic carbocycles. The molecule has 22 heavy (non-hydrogen) atoms. The number of hydrogen-bond acceptors (Lipinski definition) is 6. The Kier molecular flexibility index (Phi) is 4.16. The topological polar surface area (TPSA) is 99.6 Å². The number of halogens is 1. The third-order valence-electron chi connectivity index (χ3n) is 3.24. The van der Waals surface area contributed by atoms with Gasteiger partial charge in [0.2, 0.25) is 11.7 Å². The average Bonchev–Trinajstić information content (AvgIpc) is 3.03. The Labute approximate surface area is 152 Å². The van der Waals surface area contributed by atoms with Crippen LogP contribution < -0.4 is 39.4 Å². The minimum absolute atomic E-state index is 0. The minimum Gasteiger partial charge on any atom is -0.845 e. The number of rotatable bonds is 1. The first-order valence-corrected chi connectivity index (χ1v) is 6.47. The molecule has 0 fully saturated rings. The van der Waals surface area contributed by atoms with Crippen molar-refractivity contribution in [3.63, 3.8) is 0 Å². The standard InChI is InChI=1S/C13H7ClN5O2.Na/c14-9-5-6(12-16-18-19-17-12)4-8-10(20)7-2-1-3-15-13(7)21-11(8)9;/h1-5,10H,(H,16,17,18,19);/q-1;+1. The van der Waals surface area contributed by atoms with E-state index in [-0.39, 0.29) is 29.6 Å². The number of benzene rings is 1. The van der Waals surface area contributed by atoms with Gasteiger partial charge in [-0.2, -0.15) is 5.21 Å². The number of H-pyrrole nitrogens is 1. The molecule has 0 amide bonds. The molecule has 0 saturated heterocycles. The summed E-state index contributed by atoms with van der Waals surface area (Å²) in [6.07, 6.45) is 0.444. The summed E-state index contributed by atoms with van der Waals surface area (Å²) >= 11 is 6.22. The number of aromatic amines is 1. The van der Waals surface area contributed by atoms with Crippen LogP contribution in [-0.2, 0) is 0 Å². The van der Waals surface area contributed by atoms with Crippen molar-refractivity contribution < 1.29 is 39.4 Å². The molecule has 9 heteroatoms. The normalized spacial score (nSPS) is 15.3. The Morgan fingerprint density at radius 1 is 1.27 bits per heavy atom. The molecule has 0 aliphatic carbocycles. The fourth-order valence-corrected chi connectivity index (χ4v) is 2.55. The minimum atomic E-state index is -1.12. The van der Waals surface area contributed by atoms with Crippen molar-refractivity contribution in [3.05, 3.63) is 46.6 Å². The van der Waals surface area contributed by atoms with Crippen LogP contribution in [0, 0.1) is 0 Å². The SMILES string of the molecule is [Na+].[O-]C1c2cccnc2Oc2c(Cl)cc(-c3nn[nH]n3)cc21. The molecular weight excluding hydrogens is 317 g/mol. The average molecular weight is 324 g/mol. The molecular formula is C13H7ClN5NaO2. The summed E-state index contributed by atoms with van der Waals surface area (Å²) in [5, 5.41) is 26.6. The van der Waals surface area contributed by atoms with Gasteiger partial charge in [-0.3, -0.25) is 0 Å². The van der Waals surface area contributed by atoms with Crippen molar-refractivity contribution in [2.75, 3.05) is 0 Å². The molecule has 0 radical (unpaired) electrons. The van der Waals surface area contributed by atoms with Gasteiger partial charge in [0.25, 0.3) is 0 Å². The number of tetrazole rings is 1. The first kappa shape index (κ1) is 15.4. The Bertz CT molecular complexity index is 827. The van der Waals surface area contributed by atoms with Gasteiger partial charge in [-0.1, -0.05) is 23.8 Å². The zero-order chi connectivity index (χ0) is 14.4. The van der Waals surface area contributed by atoms with E-state index in [2.05, 4.69) is 25.6 Å². The van der Waals surface area contributed by atoms with Crippen LogP contribution in [0.25, 0.3) is 11.4 Å². The molecule has 104 valence electrons. The number of ether oxygens (including phenoxy) is 1. The van der Waals surface area contributed by atoms with Gasteiger partial charge in [0.05, 0.1) is 5.02 Å². The first-order chi connectivity index (χ1) is 10.2. The van der Waals surface area contributed by atoms with Gasteiger partial charge in [-0.05, 0) is 29.0 Å². The number of fused-ring (bicyclic) bond motifs is 2. The van der Waals surface area contributed by atoms with Crippen LogP contribution in [0.15, 0.2) is 30.5 Å².